The molecule has 2 rings (SSSR count). The van der Waals surface area contributed by atoms with E-state index >= 15 is 0 Å². The molecule has 1 N–H and O–H groups in total. The number of aryl methyl sites for hydroxylation is 3. The fourth-order valence-electron chi connectivity index (χ4n) is 2.47. The summed E-state index contributed by atoms with van der Waals surface area (Å²) in [6.45, 7) is 7.17. The summed E-state index contributed by atoms with van der Waals surface area (Å²) in [6, 6.07) is 6.41. The van der Waals surface area contributed by atoms with Crippen molar-refractivity contribution < 1.29 is 0 Å². The van der Waals surface area contributed by atoms with E-state index in [1.165, 1.54) is 11.1 Å². The first-order valence-electron chi connectivity index (χ1n) is 7.08. The van der Waals surface area contributed by atoms with Crippen LogP contribution in [-0.2, 0) is 13.5 Å². The molecule has 108 valence electrons. The highest BCUT2D eigenvalue weighted by Crippen LogP contribution is 2.28. The molecular formula is C16H22ClN3. The molecule has 1 unspecified atom stereocenters. The van der Waals surface area contributed by atoms with E-state index in [0.717, 1.165) is 29.2 Å². The molecule has 0 aliphatic carbocycles. The van der Waals surface area contributed by atoms with Gasteiger partial charge in [-0.2, -0.15) is 5.10 Å². The summed E-state index contributed by atoms with van der Waals surface area (Å²) in [5.74, 6) is 0. The zero-order valence-electron chi connectivity index (χ0n) is 12.6. The summed E-state index contributed by atoms with van der Waals surface area (Å²) < 4.78 is 1.88. The number of benzene rings is 1. The summed E-state index contributed by atoms with van der Waals surface area (Å²) in [6.07, 6.45) is 3.03. The third-order valence-corrected chi connectivity index (χ3v) is 3.93. The van der Waals surface area contributed by atoms with Crippen LogP contribution in [0.5, 0.6) is 0 Å². The Morgan fingerprint density at radius 2 is 2.10 bits per heavy atom. The molecule has 0 saturated heterocycles. The third-order valence-electron chi connectivity index (χ3n) is 3.52. The van der Waals surface area contributed by atoms with Gasteiger partial charge < -0.3 is 5.32 Å². The summed E-state index contributed by atoms with van der Waals surface area (Å²) in [5.41, 5.74) is 4.66. The van der Waals surface area contributed by atoms with Crippen LogP contribution in [0.4, 0.5) is 0 Å². The molecule has 0 aliphatic heterocycles. The minimum atomic E-state index is 0.141. The van der Waals surface area contributed by atoms with Crippen molar-refractivity contribution in [2.45, 2.75) is 33.2 Å². The normalized spacial score (nSPS) is 12.7. The maximum Gasteiger partial charge on any atom is 0.0673 e. The van der Waals surface area contributed by atoms with E-state index in [0.29, 0.717) is 0 Å². The lowest BCUT2D eigenvalue weighted by Crippen LogP contribution is -2.22. The number of hydrogen-bond donors (Lipinski definition) is 1. The van der Waals surface area contributed by atoms with Crippen LogP contribution in [0.25, 0.3) is 0 Å². The first-order chi connectivity index (χ1) is 9.56. The molecule has 3 nitrogen and oxygen atoms in total. The van der Waals surface area contributed by atoms with E-state index in [1.54, 1.807) is 0 Å². The minimum absolute atomic E-state index is 0.141. The number of hydrogen-bond acceptors (Lipinski definition) is 2. The highest BCUT2D eigenvalue weighted by Gasteiger charge is 2.19. The van der Waals surface area contributed by atoms with Gasteiger partial charge in [-0.1, -0.05) is 37.6 Å². The average molecular weight is 292 g/mol. The maximum atomic E-state index is 6.28. The first-order valence-corrected chi connectivity index (χ1v) is 7.46. The minimum Gasteiger partial charge on any atom is -0.306 e. The molecule has 1 aromatic carbocycles. The Morgan fingerprint density at radius 1 is 1.35 bits per heavy atom. The molecule has 1 aromatic heterocycles. The van der Waals surface area contributed by atoms with Crippen molar-refractivity contribution in [2.24, 2.45) is 7.05 Å². The van der Waals surface area contributed by atoms with Crippen LogP contribution in [0.3, 0.4) is 0 Å². The van der Waals surface area contributed by atoms with Gasteiger partial charge in [0.2, 0.25) is 0 Å². The molecule has 0 radical (unpaired) electrons. The van der Waals surface area contributed by atoms with E-state index in [2.05, 4.69) is 48.7 Å². The van der Waals surface area contributed by atoms with Crippen LogP contribution in [0.2, 0.25) is 5.02 Å². The Kier molecular flexibility index (Phi) is 4.84. The van der Waals surface area contributed by atoms with Crippen LogP contribution in [-0.4, -0.2) is 16.3 Å². The zero-order valence-corrected chi connectivity index (χ0v) is 13.3. The predicted octanol–water partition coefficient (Wildman–Crippen LogP) is 3.64. The average Bonchev–Trinajstić information content (AvgIpc) is 2.80. The second kappa shape index (κ2) is 6.42. The highest BCUT2D eigenvalue weighted by molar-refractivity contribution is 6.31. The predicted molar refractivity (Wildman–Crippen MR) is 84.3 cm³/mol. The van der Waals surface area contributed by atoms with Gasteiger partial charge in [0.25, 0.3) is 0 Å². The van der Waals surface area contributed by atoms with Crippen LogP contribution in [0, 0.1) is 6.92 Å². The molecule has 0 fully saturated rings. The number of nitrogens with one attached hydrogen (secondary N) is 1. The quantitative estimate of drug-likeness (QED) is 0.911. The van der Waals surface area contributed by atoms with Crippen molar-refractivity contribution in [3.05, 3.63) is 51.8 Å². The van der Waals surface area contributed by atoms with Gasteiger partial charge in [0, 0.05) is 23.8 Å². The van der Waals surface area contributed by atoms with Gasteiger partial charge in [-0.25, -0.2) is 0 Å². The van der Waals surface area contributed by atoms with Gasteiger partial charge in [0.1, 0.15) is 0 Å². The van der Waals surface area contributed by atoms with Crippen molar-refractivity contribution >= 4 is 11.6 Å². The van der Waals surface area contributed by atoms with Gasteiger partial charge in [0.05, 0.1) is 11.7 Å². The van der Waals surface area contributed by atoms with Crippen LogP contribution < -0.4 is 5.32 Å². The van der Waals surface area contributed by atoms with Gasteiger partial charge in [-0.05, 0) is 37.1 Å². The molecule has 0 bridgehead atoms. The number of halogens is 1. The molecule has 0 aliphatic rings. The van der Waals surface area contributed by atoms with Crippen LogP contribution in [0.15, 0.2) is 24.4 Å². The number of aromatic nitrogens is 2. The molecule has 0 spiro atoms. The lowest BCUT2D eigenvalue weighted by atomic mass is 9.97. The summed E-state index contributed by atoms with van der Waals surface area (Å²) in [7, 11) is 1.97. The summed E-state index contributed by atoms with van der Waals surface area (Å²) in [5, 5.41) is 8.89. The zero-order chi connectivity index (χ0) is 14.7. The van der Waals surface area contributed by atoms with Crippen LogP contribution in [0.1, 0.15) is 42.3 Å². The van der Waals surface area contributed by atoms with E-state index in [9.17, 15) is 0 Å². The molecule has 1 heterocycles. The van der Waals surface area contributed by atoms with E-state index < -0.39 is 0 Å². The smallest absolute Gasteiger partial charge is 0.0673 e. The summed E-state index contributed by atoms with van der Waals surface area (Å²) >= 11 is 6.28. The van der Waals surface area contributed by atoms with Crippen LogP contribution >= 0.6 is 11.6 Å². The van der Waals surface area contributed by atoms with E-state index in [-0.39, 0.29) is 6.04 Å². The maximum absolute atomic E-state index is 6.28. The van der Waals surface area contributed by atoms with E-state index in [4.69, 9.17) is 11.6 Å². The third kappa shape index (κ3) is 3.05. The molecule has 2 aromatic rings. The second-order valence-corrected chi connectivity index (χ2v) is 5.46. The SMILES string of the molecule is CCNC(c1ccc(C)c(Cl)c1)c1cn(C)nc1CC. The van der Waals surface area contributed by atoms with Crippen molar-refractivity contribution in [3.63, 3.8) is 0 Å². The molecule has 4 heteroatoms. The van der Waals surface area contributed by atoms with Gasteiger partial charge in [-0.3, -0.25) is 4.68 Å². The van der Waals surface area contributed by atoms with Gasteiger partial charge >= 0.3 is 0 Å². The Labute approximate surface area is 126 Å². The Hall–Kier alpha value is -1.32. The topological polar surface area (TPSA) is 29.9 Å². The Morgan fingerprint density at radius 3 is 2.70 bits per heavy atom. The van der Waals surface area contributed by atoms with Gasteiger partial charge in [0.15, 0.2) is 0 Å². The molecule has 0 saturated carbocycles. The first kappa shape index (κ1) is 15.1. The molecule has 20 heavy (non-hydrogen) atoms. The van der Waals surface area contributed by atoms with Crippen molar-refractivity contribution in [1.82, 2.24) is 15.1 Å². The largest absolute Gasteiger partial charge is 0.306 e. The second-order valence-electron chi connectivity index (χ2n) is 5.06. The standard InChI is InChI=1S/C16H22ClN3/c1-5-15-13(10-20(4)19-15)16(18-6-2)12-8-7-11(3)14(17)9-12/h7-10,16,18H,5-6H2,1-4H3. The monoisotopic (exact) mass is 291 g/mol. The lowest BCUT2D eigenvalue weighted by Gasteiger charge is -2.19. The number of rotatable bonds is 5. The fraction of sp³-hybridized carbons (Fsp3) is 0.438. The lowest BCUT2D eigenvalue weighted by molar-refractivity contribution is 0.625. The molecule has 0 amide bonds. The fourth-order valence-corrected chi connectivity index (χ4v) is 2.66. The number of nitrogens with zero attached hydrogens (tertiary/aromatic N) is 2. The molecule has 1 atom stereocenters. The highest BCUT2D eigenvalue weighted by atomic mass is 35.5. The Balaban J connectivity index is 2.46. The van der Waals surface area contributed by atoms with Crippen molar-refractivity contribution in [3.8, 4) is 0 Å². The van der Waals surface area contributed by atoms with E-state index in [1.807, 2.05) is 18.7 Å². The summed E-state index contributed by atoms with van der Waals surface area (Å²) in [4.78, 5) is 0. The van der Waals surface area contributed by atoms with Crippen molar-refractivity contribution in [2.75, 3.05) is 6.54 Å². The van der Waals surface area contributed by atoms with Gasteiger partial charge in [-0.15, -0.1) is 0 Å². The van der Waals surface area contributed by atoms with Crippen molar-refractivity contribution in [1.29, 1.82) is 0 Å². The Bertz CT molecular complexity index is 589. The molecular weight excluding hydrogens is 270 g/mol.